The van der Waals surface area contributed by atoms with E-state index in [4.69, 9.17) is 28.4 Å². The number of aliphatic hydroxyl groups is 6. The number of carbonyl (C=O) groups excluding carboxylic acids is 11. The number of amides is 6. The maximum Gasteiger partial charge on any atom is 0.224 e. The molecular formula is C54H90N6O23. The van der Waals surface area contributed by atoms with Crippen LogP contribution in [-0.4, -0.2) is 231 Å². The molecule has 2 aliphatic rings. The van der Waals surface area contributed by atoms with Gasteiger partial charge in [-0.25, -0.2) is 0 Å². The van der Waals surface area contributed by atoms with Crippen LogP contribution in [0.3, 0.4) is 0 Å². The van der Waals surface area contributed by atoms with Gasteiger partial charge in [0.05, 0.1) is 55.8 Å². The Morgan fingerprint density at radius 3 is 1.29 bits per heavy atom. The topological polar surface area (TPSA) is 437 Å². The normalized spacial score (nSPS) is 24.4. The van der Waals surface area contributed by atoms with Crippen LogP contribution >= 0.6 is 0 Å². The van der Waals surface area contributed by atoms with Gasteiger partial charge >= 0.3 is 0 Å². The molecule has 0 aromatic carbocycles. The summed E-state index contributed by atoms with van der Waals surface area (Å²) in [6.07, 6.45) is -17.1. The summed E-state index contributed by atoms with van der Waals surface area (Å²) in [4.78, 5) is 145. The Labute approximate surface area is 483 Å². The standard InChI is InChI=1S/C54H90N6O23/c1-27(63)13-14-35(67)32(24-79-52(4,5)6)57-40(70)17-15-36(68)33(25-80-53(7,8)9)58-41(71)18-16-37(69)34(26-81-54(10,11)12)59-49(77)30(20-42(72)60-50-43(55-28(2)64)47(75)45(73)38(21-61)82-50)19-31(66)23-78-51-44(56-29(3)65)48(76)46(74)39(22-62)83-51/h30,32-34,38-39,43-48,50-51,61-62,73-76H,13-26H2,1-12H3,(H,55,64)(H,56,65)(H,57,70)(H,58,71)(H,59,77)(H,60,72)/t30-,32-,33-,34-,38?,39?,43?,44?,45?,46?,47?,48?,50?,51?/m0/s1. The van der Waals surface area contributed by atoms with Gasteiger partial charge in [0.15, 0.2) is 35.7 Å². The molecule has 0 aromatic rings. The van der Waals surface area contributed by atoms with Crippen LogP contribution in [0.2, 0.25) is 0 Å². The molecule has 10 unspecified atom stereocenters. The lowest BCUT2D eigenvalue weighted by atomic mass is 9.94. The molecule has 29 heteroatoms. The molecule has 0 spiro atoms. The van der Waals surface area contributed by atoms with Gasteiger partial charge in [-0.05, 0) is 69.2 Å². The molecule has 0 bridgehead atoms. The van der Waals surface area contributed by atoms with Crippen molar-refractivity contribution in [2.75, 3.05) is 39.6 Å². The molecule has 12 N–H and O–H groups in total. The molecule has 2 heterocycles. The van der Waals surface area contributed by atoms with E-state index in [1.807, 2.05) is 0 Å². The van der Waals surface area contributed by atoms with E-state index in [0.29, 0.717) is 0 Å². The van der Waals surface area contributed by atoms with Crippen molar-refractivity contribution < 1.29 is 112 Å². The van der Waals surface area contributed by atoms with E-state index in [1.54, 1.807) is 62.3 Å². The van der Waals surface area contributed by atoms with Gasteiger partial charge in [-0.15, -0.1) is 0 Å². The lowest BCUT2D eigenvalue weighted by Gasteiger charge is -2.42. The molecule has 474 valence electrons. The van der Waals surface area contributed by atoms with Gasteiger partial charge in [0.1, 0.15) is 79.2 Å². The maximum atomic E-state index is 14.4. The Kier molecular flexibility index (Phi) is 30.2. The molecule has 0 aliphatic carbocycles. The molecule has 6 amide bonds. The maximum absolute atomic E-state index is 14.4. The first-order valence-corrected chi connectivity index (χ1v) is 27.4. The number of hydrogen-bond acceptors (Lipinski definition) is 23. The second-order valence-electron chi connectivity index (χ2n) is 23.6. The van der Waals surface area contributed by atoms with Crippen LogP contribution in [0.25, 0.3) is 0 Å². The van der Waals surface area contributed by atoms with Crippen molar-refractivity contribution in [3.8, 4) is 0 Å². The number of rotatable bonds is 34. The second-order valence-corrected chi connectivity index (χ2v) is 23.6. The molecule has 83 heavy (non-hydrogen) atoms. The van der Waals surface area contributed by atoms with Crippen molar-refractivity contribution in [1.29, 1.82) is 0 Å². The van der Waals surface area contributed by atoms with Crippen molar-refractivity contribution >= 4 is 64.4 Å². The number of ether oxygens (including phenoxy) is 6. The van der Waals surface area contributed by atoms with Crippen LogP contribution in [0.15, 0.2) is 0 Å². The first kappa shape index (κ1) is 73.8. The van der Waals surface area contributed by atoms with Crippen molar-refractivity contribution in [2.45, 2.75) is 231 Å². The van der Waals surface area contributed by atoms with Crippen LogP contribution in [0.1, 0.15) is 134 Å². The predicted octanol–water partition coefficient (Wildman–Crippen LogP) is -3.49. The summed E-state index contributed by atoms with van der Waals surface area (Å²) >= 11 is 0. The lowest BCUT2D eigenvalue weighted by molar-refractivity contribution is -0.268. The zero-order valence-corrected chi connectivity index (χ0v) is 49.6. The zero-order valence-electron chi connectivity index (χ0n) is 49.6. The highest BCUT2D eigenvalue weighted by Crippen LogP contribution is 2.24. The number of hydrogen-bond donors (Lipinski definition) is 12. The van der Waals surface area contributed by atoms with Crippen LogP contribution < -0.4 is 31.9 Å². The van der Waals surface area contributed by atoms with E-state index in [9.17, 15) is 83.4 Å². The van der Waals surface area contributed by atoms with Gasteiger partial charge in [-0.2, -0.15) is 0 Å². The second kappa shape index (κ2) is 34.0. The van der Waals surface area contributed by atoms with Gasteiger partial charge < -0.3 is 95.8 Å². The van der Waals surface area contributed by atoms with E-state index in [1.165, 1.54) is 6.92 Å². The summed E-state index contributed by atoms with van der Waals surface area (Å²) in [5.74, 6) is -9.81. The van der Waals surface area contributed by atoms with Gasteiger partial charge in [0, 0.05) is 65.2 Å². The van der Waals surface area contributed by atoms with E-state index in [-0.39, 0.29) is 31.8 Å². The van der Waals surface area contributed by atoms with Crippen LogP contribution in [0.4, 0.5) is 0 Å². The minimum Gasteiger partial charge on any atom is -0.394 e. The fourth-order valence-electron chi connectivity index (χ4n) is 8.22. The fraction of sp³-hybridized carbons (Fsp3) is 0.796. The summed E-state index contributed by atoms with van der Waals surface area (Å²) in [5, 5.41) is 76.7. The van der Waals surface area contributed by atoms with Crippen molar-refractivity contribution in [3.05, 3.63) is 0 Å². The number of ketones is 5. The van der Waals surface area contributed by atoms with Gasteiger partial charge in [-0.3, -0.25) is 47.9 Å². The largest absolute Gasteiger partial charge is 0.394 e. The van der Waals surface area contributed by atoms with Gasteiger partial charge in [-0.1, -0.05) is 0 Å². The summed E-state index contributed by atoms with van der Waals surface area (Å²) in [6, 6.07) is -6.98. The molecule has 2 fully saturated rings. The summed E-state index contributed by atoms with van der Waals surface area (Å²) < 4.78 is 34.1. The molecule has 0 radical (unpaired) electrons. The number of Topliss-reactive ketones (excluding diaryl/α,β-unsaturated/α-hetero) is 5. The minimum atomic E-state index is -1.79. The first-order valence-electron chi connectivity index (χ1n) is 27.4. The Morgan fingerprint density at radius 1 is 0.482 bits per heavy atom. The highest BCUT2D eigenvalue weighted by atomic mass is 16.7. The molecular weight excluding hydrogens is 1100 g/mol. The monoisotopic (exact) mass is 1190 g/mol. The van der Waals surface area contributed by atoms with Gasteiger partial charge in [0.25, 0.3) is 0 Å². The number of aliphatic hydroxyl groups excluding tert-OH is 6. The Bertz CT molecular complexity index is 2230. The molecule has 2 aliphatic heterocycles. The molecule has 0 aromatic heterocycles. The summed E-state index contributed by atoms with van der Waals surface area (Å²) in [6.45, 7) is 15.1. The molecule has 0 saturated carbocycles. The highest BCUT2D eigenvalue weighted by Gasteiger charge is 2.47. The van der Waals surface area contributed by atoms with Crippen molar-refractivity contribution in [3.63, 3.8) is 0 Å². The SMILES string of the molecule is CC(=O)CCC(=O)[C@H](COC(C)(C)C)NC(=O)CCC(=O)[C@H](COC(C)(C)C)NC(=O)CCC(=O)[C@H](COC(C)(C)C)NC(=O)[C@@H](CC(=O)COC1OC(CO)C(O)C(O)C1NC(C)=O)CC(=O)NC1OC(CO)C(O)C(O)C1NC(C)=O. The van der Waals surface area contributed by atoms with Crippen LogP contribution in [-0.2, 0) is 81.2 Å². The quantitative estimate of drug-likeness (QED) is 0.0298. The molecule has 2 rings (SSSR count). The van der Waals surface area contributed by atoms with Crippen molar-refractivity contribution in [2.24, 2.45) is 5.92 Å². The third-order valence-electron chi connectivity index (χ3n) is 12.7. The van der Waals surface area contributed by atoms with Gasteiger partial charge in [0.2, 0.25) is 35.4 Å². The third-order valence-corrected chi connectivity index (χ3v) is 12.7. The fourth-order valence-corrected chi connectivity index (χ4v) is 8.22. The smallest absolute Gasteiger partial charge is 0.224 e. The Hall–Kier alpha value is -5.31. The van der Waals surface area contributed by atoms with E-state index in [0.717, 1.165) is 13.8 Å². The third kappa shape index (κ3) is 27.5. The first-order chi connectivity index (χ1) is 38.3. The van der Waals surface area contributed by atoms with Crippen LogP contribution in [0, 0.1) is 5.92 Å². The van der Waals surface area contributed by atoms with E-state index in [2.05, 4.69) is 31.9 Å². The van der Waals surface area contributed by atoms with E-state index < -0.39 is 226 Å². The van der Waals surface area contributed by atoms with E-state index >= 15 is 0 Å². The number of carbonyl (C=O) groups is 11. The lowest BCUT2D eigenvalue weighted by Crippen LogP contribution is -2.68. The number of nitrogens with one attached hydrogen (secondary N) is 6. The molecule has 2 saturated heterocycles. The Morgan fingerprint density at radius 2 is 0.880 bits per heavy atom. The predicted molar refractivity (Wildman–Crippen MR) is 289 cm³/mol. The summed E-state index contributed by atoms with van der Waals surface area (Å²) in [7, 11) is 0. The zero-order chi connectivity index (χ0) is 63.3. The minimum absolute atomic E-state index is 0.0474. The summed E-state index contributed by atoms with van der Waals surface area (Å²) in [5.41, 5.74) is -2.42. The molecule has 14 atom stereocenters. The average Bonchev–Trinajstić information content (AvgIpc) is 3.38. The molecule has 29 nitrogen and oxygen atoms in total. The highest BCUT2D eigenvalue weighted by molar-refractivity contribution is 5.97. The van der Waals surface area contributed by atoms with Crippen molar-refractivity contribution in [1.82, 2.24) is 31.9 Å². The average molecular weight is 1190 g/mol. The Balaban J connectivity index is 2.41. The van der Waals surface area contributed by atoms with Crippen LogP contribution in [0.5, 0.6) is 0 Å².